The van der Waals surface area contributed by atoms with E-state index < -0.39 is 0 Å². The first kappa shape index (κ1) is 13.8. The molecule has 107 valence electrons. The van der Waals surface area contributed by atoms with Crippen LogP contribution in [0.25, 0.3) is 0 Å². The number of nitrogens with zero attached hydrogens (tertiary/aromatic N) is 3. The zero-order chi connectivity index (χ0) is 14.4. The van der Waals surface area contributed by atoms with Gasteiger partial charge in [-0.1, -0.05) is 0 Å². The second kappa shape index (κ2) is 4.70. The van der Waals surface area contributed by atoms with Gasteiger partial charge in [0.15, 0.2) is 0 Å². The zero-order valence-corrected chi connectivity index (χ0v) is 12.6. The minimum atomic E-state index is -0.390. The van der Waals surface area contributed by atoms with Crippen molar-refractivity contribution in [3.8, 4) is 0 Å². The summed E-state index contributed by atoms with van der Waals surface area (Å²) in [6, 6.07) is 0. The van der Waals surface area contributed by atoms with E-state index in [1.54, 1.807) is 0 Å². The van der Waals surface area contributed by atoms with Crippen LogP contribution >= 0.6 is 0 Å². The molecule has 20 heavy (non-hydrogen) atoms. The lowest BCUT2D eigenvalue weighted by Gasteiger charge is -2.32. The third-order valence-corrected chi connectivity index (χ3v) is 4.42. The van der Waals surface area contributed by atoms with Gasteiger partial charge in [-0.2, -0.15) is 0 Å². The van der Waals surface area contributed by atoms with Gasteiger partial charge in [0, 0.05) is 30.9 Å². The van der Waals surface area contributed by atoms with Gasteiger partial charge in [0.1, 0.15) is 0 Å². The smallest absolute Gasteiger partial charge is 0.399 e. The third kappa shape index (κ3) is 2.31. The van der Waals surface area contributed by atoms with Crippen LogP contribution in [-0.4, -0.2) is 41.4 Å². The Balaban J connectivity index is 1.75. The highest BCUT2D eigenvalue weighted by Gasteiger charge is 2.51. The third-order valence-electron chi connectivity index (χ3n) is 4.42. The molecule has 1 radical (unpaired) electrons. The molecule has 0 atom stereocenters. The maximum Gasteiger partial charge on any atom is 0.498 e. The largest absolute Gasteiger partial charge is 0.498 e. The maximum absolute atomic E-state index is 5.99. The normalized spacial score (nSPS) is 24.4. The van der Waals surface area contributed by atoms with Crippen molar-refractivity contribution in [2.24, 2.45) is 0 Å². The van der Waals surface area contributed by atoms with E-state index >= 15 is 0 Å². The summed E-state index contributed by atoms with van der Waals surface area (Å²) in [7, 11) is -0.390. The van der Waals surface area contributed by atoms with Gasteiger partial charge in [-0.25, -0.2) is 9.97 Å². The molecule has 0 aliphatic carbocycles. The van der Waals surface area contributed by atoms with Crippen LogP contribution in [0.5, 0.6) is 0 Å². The lowest BCUT2D eigenvalue weighted by molar-refractivity contribution is 0.00578. The molecule has 2 fully saturated rings. The summed E-state index contributed by atoms with van der Waals surface area (Å²) in [4.78, 5) is 11.0. The van der Waals surface area contributed by atoms with Crippen LogP contribution < -0.4 is 10.4 Å². The Morgan fingerprint density at radius 2 is 1.70 bits per heavy atom. The van der Waals surface area contributed by atoms with E-state index in [1.165, 1.54) is 0 Å². The standard InChI is InChI=1S/C14H21BN3O2/c1-13(2)14(3,4)20-15(19-13)11-9-16-12(17-10-11)18-7-5-6-8-18/h5,9-10H,6-8H2,1-4H3. The number of hydrogen-bond donors (Lipinski definition) is 0. The number of anilines is 1. The fourth-order valence-electron chi connectivity index (χ4n) is 2.36. The summed E-state index contributed by atoms with van der Waals surface area (Å²) in [5, 5.41) is 0. The van der Waals surface area contributed by atoms with Crippen molar-refractivity contribution >= 4 is 18.5 Å². The Morgan fingerprint density at radius 1 is 1.10 bits per heavy atom. The van der Waals surface area contributed by atoms with Crippen LogP contribution in [0.4, 0.5) is 5.95 Å². The molecule has 3 rings (SSSR count). The summed E-state index contributed by atoms with van der Waals surface area (Å²) in [5.74, 6) is 0.777. The summed E-state index contributed by atoms with van der Waals surface area (Å²) < 4.78 is 12.0. The molecule has 6 heteroatoms. The van der Waals surface area contributed by atoms with Crippen LogP contribution in [0.1, 0.15) is 34.1 Å². The van der Waals surface area contributed by atoms with E-state index in [0.29, 0.717) is 0 Å². The fraction of sp³-hybridized carbons (Fsp3) is 0.643. The van der Waals surface area contributed by atoms with Gasteiger partial charge in [-0.15, -0.1) is 0 Å². The molecule has 0 aromatic carbocycles. The van der Waals surface area contributed by atoms with Crippen LogP contribution in [0.2, 0.25) is 0 Å². The van der Waals surface area contributed by atoms with E-state index in [4.69, 9.17) is 9.31 Å². The predicted octanol–water partition coefficient (Wildman–Crippen LogP) is 1.19. The molecule has 2 aliphatic rings. The quantitative estimate of drug-likeness (QED) is 0.758. The Kier molecular flexibility index (Phi) is 3.25. The first-order valence-corrected chi connectivity index (χ1v) is 7.13. The van der Waals surface area contributed by atoms with Crippen LogP contribution in [0.15, 0.2) is 12.4 Å². The van der Waals surface area contributed by atoms with Gasteiger partial charge in [0.2, 0.25) is 5.95 Å². The Morgan fingerprint density at radius 3 is 2.20 bits per heavy atom. The molecule has 1 aromatic rings. The molecule has 0 unspecified atom stereocenters. The summed E-state index contributed by atoms with van der Waals surface area (Å²) in [6.07, 6.45) is 6.96. The fourth-order valence-corrected chi connectivity index (χ4v) is 2.36. The summed E-state index contributed by atoms with van der Waals surface area (Å²) in [6.45, 7) is 10.1. The molecule has 0 bridgehead atoms. The lowest BCUT2D eigenvalue weighted by atomic mass is 9.81. The average molecular weight is 274 g/mol. The average Bonchev–Trinajstić information content (AvgIpc) is 2.97. The van der Waals surface area contributed by atoms with E-state index in [0.717, 1.165) is 30.9 Å². The van der Waals surface area contributed by atoms with E-state index in [2.05, 4.69) is 21.3 Å². The zero-order valence-electron chi connectivity index (χ0n) is 12.6. The molecule has 5 nitrogen and oxygen atoms in total. The van der Waals surface area contributed by atoms with Gasteiger partial charge >= 0.3 is 7.12 Å². The topological polar surface area (TPSA) is 47.5 Å². The molecule has 2 saturated heterocycles. The second-order valence-electron chi connectivity index (χ2n) is 6.43. The number of rotatable bonds is 2. The van der Waals surface area contributed by atoms with Crippen molar-refractivity contribution in [2.75, 3.05) is 18.0 Å². The molecular weight excluding hydrogens is 253 g/mol. The van der Waals surface area contributed by atoms with E-state index in [9.17, 15) is 0 Å². The van der Waals surface area contributed by atoms with Crippen molar-refractivity contribution in [1.29, 1.82) is 0 Å². The van der Waals surface area contributed by atoms with Crippen molar-refractivity contribution in [2.45, 2.75) is 45.3 Å². The Hall–Kier alpha value is -1.14. The number of hydrogen-bond acceptors (Lipinski definition) is 5. The Bertz CT molecular complexity index is 468. The molecule has 2 aliphatic heterocycles. The molecule has 0 N–H and O–H groups in total. The lowest BCUT2D eigenvalue weighted by Crippen LogP contribution is -2.41. The first-order valence-electron chi connectivity index (χ1n) is 7.13. The highest BCUT2D eigenvalue weighted by atomic mass is 16.7. The van der Waals surface area contributed by atoms with E-state index in [-0.39, 0.29) is 18.3 Å². The summed E-state index contributed by atoms with van der Waals surface area (Å²) in [5.41, 5.74) is 0.205. The number of aromatic nitrogens is 2. The molecule has 3 heterocycles. The molecule has 0 spiro atoms. The van der Waals surface area contributed by atoms with Crippen molar-refractivity contribution in [3.63, 3.8) is 0 Å². The maximum atomic E-state index is 5.99. The van der Waals surface area contributed by atoms with Gasteiger partial charge in [0.25, 0.3) is 0 Å². The minimum Gasteiger partial charge on any atom is -0.399 e. The molecule has 1 aromatic heterocycles. The molecule has 0 amide bonds. The van der Waals surface area contributed by atoms with E-state index in [1.807, 2.05) is 40.1 Å². The minimum absolute atomic E-state index is 0.333. The van der Waals surface area contributed by atoms with Gasteiger partial charge in [-0.3, -0.25) is 0 Å². The molecular formula is C14H21BN3O2. The highest BCUT2D eigenvalue weighted by Crippen LogP contribution is 2.36. The van der Waals surface area contributed by atoms with Crippen molar-refractivity contribution < 1.29 is 9.31 Å². The highest BCUT2D eigenvalue weighted by molar-refractivity contribution is 6.61. The summed E-state index contributed by atoms with van der Waals surface area (Å²) >= 11 is 0. The van der Waals surface area contributed by atoms with Crippen LogP contribution in [0, 0.1) is 6.42 Å². The van der Waals surface area contributed by atoms with Crippen molar-refractivity contribution in [1.82, 2.24) is 9.97 Å². The molecule has 0 saturated carbocycles. The van der Waals surface area contributed by atoms with Crippen LogP contribution in [-0.2, 0) is 9.31 Å². The van der Waals surface area contributed by atoms with Gasteiger partial charge in [0.05, 0.1) is 11.2 Å². The first-order chi connectivity index (χ1) is 9.39. The monoisotopic (exact) mass is 274 g/mol. The van der Waals surface area contributed by atoms with Gasteiger partial charge < -0.3 is 14.2 Å². The Labute approximate surface area is 120 Å². The second-order valence-corrected chi connectivity index (χ2v) is 6.43. The van der Waals surface area contributed by atoms with Crippen molar-refractivity contribution in [3.05, 3.63) is 18.8 Å². The van der Waals surface area contributed by atoms with Crippen LogP contribution in [0.3, 0.4) is 0 Å². The predicted molar refractivity (Wildman–Crippen MR) is 78.9 cm³/mol. The SMILES string of the molecule is CC1(C)OB(c2cnc(N3C[CH]CC3)nc2)OC1(C)C. The van der Waals surface area contributed by atoms with Gasteiger partial charge in [-0.05, 0) is 40.5 Å².